The minimum atomic E-state index is -0.291. The summed E-state index contributed by atoms with van der Waals surface area (Å²) in [6, 6.07) is 7.47. The predicted octanol–water partition coefficient (Wildman–Crippen LogP) is 2.23. The van der Waals surface area contributed by atoms with Crippen LogP contribution in [0.2, 0.25) is 0 Å². The number of hydrogen-bond donors (Lipinski definition) is 2. The van der Waals surface area contributed by atoms with Crippen molar-refractivity contribution in [1.29, 1.82) is 0 Å². The van der Waals surface area contributed by atoms with E-state index in [1.165, 1.54) is 6.92 Å². The number of nitrogens with zero attached hydrogens (tertiary/aromatic N) is 1. The van der Waals surface area contributed by atoms with Crippen LogP contribution in [-0.2, 0) is 9.59 Å². The molecule has 2 atom stereocenters. The molecule has 1 aromatic carbocycles. The number of hydrogen-bond acceptors (Lipinski definition) is 3. The van der Waals surface area contributed by atoms with E-state index in [2.05, 4.69) is 5.32 Å². The van der Waals surface area contributed by atoms with E-state index in [0.717, 1.165) is 17.5 Å². The Morgan fingerprint density at radius 2 is 2.09 bits per heavy atom. The lowest BCUT2D eigenvalue weighted by molar-refractivity contribution is -0.130. The zero-order chi connectivity index (χ0) is 16.8. The van der Waals surface area contributed by atoms with Gasteiger partial charge in [0.2, 0.25) is 11.8 Å². The van der Waals surface area contributed by atoms with Crippen LogP contribution in [-0.4, -0.2) is 34.5 Å². The third-order valence-corrected chi connectivity index (χ3v) is 4.18. The van der Waals surface area contributed by atoms with Crippen molar-refractivity contribution in [2.75, 3.05) is 6.61 Å². The van der Waals surface area contributed by atoms with Gasteiger partial charge in [-0.1, -0.05) is 31.2 Å². The number of benzene rings is 1. The van der Waals surface area contributed by atoms with Crippen LogP contribution in [0.1, 0.15) is 50.3 Å². The number of rotatable bonds is 6. The molecule has 2 amide bonds. The maximum atomic E-state index is 12.4. The Balaban J connectivity index is 2.16. The van der Waals surface area contributed by atoms with E-state index in [9.17, 15) is 9.59 Å². The summed E-state index contributed by atoms with van der Waals surface area (Å²) in [5.41, 5.74) is 2.01. The average molecular weight is 316 g/mol. The van der Waals surface area contributed by atoms with Gasteiger partial charge in [-0.05, 0) is 30.0 Å². The zero-order valence-electron chi connectivity index (χ0n) is 13.7. The van der Waals surface area contributed by atoms with Crippen molar-refractivity contribution in [3.8, 4) is 0 Å². The van der Waals surface area contributed by atoms with E-state index in [1.807, 2.05) is 37.3 Å². The lowest BCUT2D eigenvalue weighted by atomic mass is 9.93. The summed E-state index contributed by atoms with van der Waals surface area (Å²) in [5, 5.41) is 12.0. The number of aliphatic hydroxyl groups excluding tert-OH is 1. The lowest BCUT2D eigenvalue weighted by Crippen LogP contribution is -2.39. The molecule has 0 radical (unpaired) electrons. The summed E-state index contributed by atoms with van der Waals surface area (Å²) < 4.78 is 0. The van der Waals surface area contributed by atoms with Crippen molar-refractivity contribution < 1.29 is 14.7 Å². The number of carbonyl (C=O) groups is 2. The Morgan fingerprint density at radius 1 is 1.35 bits per heavy atom. The fourth-order valence-electron chi connectivity index (χ4n) is 2.91. The zero-order valence-corrected chi connectivity index (χ0v) is 13.7. The van der Waals surface area contributed by atoms with Crippen LogP contribution >= 0.6 is 0 Å². The topological polar surface area (TPSA) is 69.6 Å². The second kappa shape index (κ2) is 7.92. The molecular formula is C18H24N2O3. The van der Waals surface area contributed by atoms with E-state index in [0.29, 0.717) is 6.42 Å². The number of amides is 2. The first-order chi connectivity index (χ1) is 11.1. The fourth-order valence-corrected chi connectivity index (χ4v) is 2.91. The van der Waals surface area contributed by atoms with Crippen LogP contribution in [0.4, 0.5) is 0 Å². The van der Waals surface area contributed by atoms with Gasteiger partial charge in [0.15, 0.2) is 0 Å². The standard InChI is InChI=1S/C18H24N2O3/c1-3-15(9-11-21)19-18(23)12-17-16-7-5-4-6-14(16)8-10-20(17)13(2)22/h4-8,10,15,17,21H,3,9,11-12H2,1-2H3,(H,19,23). The van der Waals surface area contributed by atoms with Gasteiger partial charge in [0, 0.05) is 25.8 Å². The molecule has 1 heterocycles. The van der Waals surface area contributed by atoms with Crippen LogP contribution < -0.4 is 5.32 Å². The van der Waals surface area contributed by atoms with Crippen molar-refractivity contribution in [3.63, 3.8) is 0 Å². The molecule has 0 spiro atoms. The summed E-state index contributed by atoms with van der Waals surface area (Å²) in [5.74, 6) is -0.192. The Bertz CT molecular complexity index is 598. The molecule has 0 aromatic heterocycles. The Morgan fingerprint density at radius 3 is 2.74 bits per heavy atom. The summed E-state index contributed by atoms with van der Waals surface area (Å²) >= 11 is 0. The first-order valence-corrected chi connectivity index (χ1v) is 8.03. The number of aliphatic hydroxyl groups is 1. The molecule has 0 aliphatic carbocycles. The maximum Gasteiger partial charge on any atom is 0.223 e. The second-order valence-electron chi connectivity index (χ2n) is 5.78. The summed E-state index contributed by atoms with van der Waals surface area (Å²) in [6.07, 6.45) is 5.16. The van der Waals surface area contributed by atoms with Gasteiger partial charge in [0.25, 0.3) is 0 Å². The van der Waals surface area contributed by atoms with Crippen LogP contribution in [0.3, 0.4) is 0 Å². The second-order valence-corrected chi connectivity index (χ2v) is 5.78. The van der Waals surface area contributed by atoms with Crippen molar-refractivity contribution in [2.45, 2.75) is 45.2 Å². The highest BCUT2D eigenvalue weighted by Crippen LogP contribution is 2.32. The molecular weight excluding hydrogens is 292 g/mol. The van der Waals surface area contributed by atoms with Gasteiger partial charge in [0.1, 0.15) is 0 Å². The molecule has 2 unspecified atom stereocenters. The number of fused-ring (bicyclic) bond motifs is 1. The summed E-state index contributed by atoms with van der Waals surface area (Å²) in [6.45, 7) is 3.53. The van der Waals surface area contributed by atoms with Crippen molar-refractivity contribution >= 4 is 17.9 Å². The highest BCUT2D eigenvalue weighted by Gasteiger charge is 2.28. The van der Waals surface area contributed by atoms with Gasteiger partial charge in [-0.3, -0.25) is 9.59 Å². The molecule has 1 aliphatic rings. The molecule has 0 saturated heterocycles. The Kier molecular flexibility index (Phi) is 5.93. The molecule has 1 aromatic rings. The molecule has 124 valence electrons. The summed E-state index contributed by atoms with van der Waals surface area (Å²) in [7, 11) is 0. The SMILES string of the molecule is CCC(CCO)NC(=O)CC1c2ccccc2C=CN1C(C)=O. The van der Waals surface area contributed by atoms with E-state index >= 15 is 0 Å². The molecule has 1 aliphatic heterocycles. The highest BCUT2D eigenvalue weighted by atomic mass is 16.3. The van der Waals surface area contributed by atoms with Crippen LogP contribution in [0, 0.1) is 0 Å². The summed E-state index contributed by atoms with van der Waals surface area (Å²) in [4.78, 5) is 25.9. The third-order valence-electron chi connectivity index (χ3n) is 4.18. The van der Waals surface area contributed by atoms with E-state index < -0.39 is 0 Å². The van der Waals surface area contributed by atoms with Gasteiger partial charge in [-0.2, -0.15) is 0 Å². The number of nitrogens with one attached hydrogen (secondary N) is 1. The lowest BCUT2D eigenvalue weighted by Gasteiger charge is -2.32. The molecule has 2 N–H and O–H groups in total. The average Bonchev–Trinajstić information content (AvgIpc) is 2.54. The third kappa shape index (κ3) is 4.20. The van der Waals surface area contributed by atoms with Gasteiger partial charge in [-0.25, -0.2) is 0 Å². The van der Waals surface area contributed by atoms with Crippen molar-refractivity contribution in [1.82, 2.24) is 10.2 Å². The highest BCUT2D eigenvalue weighted by molar-refractivity contribution is 5.82. The Labute approximate surface area is 137 Å². The smallest absolute Gasteiger partial charge is 0.223 e. The Hall–Kier alpha value is -2.14. The minimum Gasteiger partial charge on any atom is -0.396 e. The van der Waals surface area contributed by atoms with Crippen LogP contribution in [0.25, 0.3) is 6.08 Å². The largest absolute Gasteiger partial charge is 0.396 e. The quantitative estimate of drug-likeness (QED) is 0.845. The molecule has 2 rings (SSSR count). The number of carbonyl (C=O) groups excluding carboxylic acids is 2. The van der Waals surface area contributed by atoms with Crippen LogP contribution in [0.5, 0.6) is 0 Å². The molecule has 0 saturated carbocycles. The predicted molar refractivity (Wildman–Crippen MR) is 89.3 cm³/mol. The molecule has 0 bridgehead atoms. The minimum absolute atomic E-state index is 0.0346. The maximum absolute atomic E-state index is 12.4. The first kappa shape index (κ1) is 17.2. The van der Waals surface area contributed by atoms with Gasteiger partial charge in [-0.15, -0.1) is 0 Å². The molecule has 0 fully saturated rings. The van der Waals surface area contributed by atoms with Gasteiger partial charge < -0.3 is 15.3 Å². The fraction of sp³-hybridized carbons (Fsp3) is 0.444. The van der Waals surface area contributed by atoms with E-state index in [-0.39, 0.29) is 36.9 Å². The van der Waals surface area contributed by atoms with E-state index in [1.54, 1.807) is 11.1 Å². The molecule has 23 heavy (non-hydrogen) atoms. The van der Waals surface area contributed by atoms with Crippen molar-refractivity contribution in [3.05, 3.63) is 41.6 Å². The molecule has 5 heteroatoms. The molecule has 5 nitrogen and oxygen atoms in total. The van der Waals surface area contributed by atoms with Crippen LogP contribution in [0.15, 0.2) is 30.5 Å². The van der Waals surface area contributed by atoms with Crippen molar-refractivity contribution in [2.24, 2.45) is 0 Å². The van der Waals surface area contributed by atoms with Gasteiger partial charge >= 0.3 is 0 Å². The normalized spacial score (nSPS) is 17.5. The van der Waals surface area contributed by atoms with E-state index in [4.69, 9.17) is 5.11 Å². The monoisotopic (exact) mass is 316 g/mol. The first-order valence-electron chi connectivity index (χ1n) is 8.03. The van der Waals surface area contributed by atoms with Gasteiger partial charge in [0.05, 0.1) is 12.5 Å².